The molecule has 9 aromatic rings. The van der Waals surface area contributed by atoms with Gasteiger partial charge >= 0.3 is 29.6 Å². The fourth-order valence-corrected chi connectivity index (χ4v) is 12.4. The van der Waals surface area contributed by atoms with E-state index in [-0.39, 0.29) is 104 Å². The molecular formula is C70H68BCl4F3N12NaO10. The number of hydrogen-bond donors (Lipinski definition) is 3. The second kappa shape index (κ2) is 39.6. The molecule has 3 saturated heterocycles. The summed E-state index contributed by atoms with van der Waals surface area (Å²) in [6.07, 6.45) is 12.8. The van der Waals surface area contributed by atoms with Gasteiger partial charge in [-0.05, 0) is 134 Å². The maximum Gasteiger partial charge on any atom is 1.00 e. The molecule has 101 heavy (non-hydrogen) atoms. The number of pyridine rings is 3. The summed E-state index contributed by atoms with van der Waals surface area (Å²) in [6, 6.07) is 23.2. The zero-order valence-corrected chi connectivity index (χ0v) is 60.5. The fraction of sp³-hybridized carbons (Fsp3) is 0.286. The number of carbonyl (C=O) groups is 5. The van der Waals surface area contributed by atoms with Gasteiger partial charge in [-0.1, -0.05) is 85.4 Å². The van der Waals surface area contributed by atoms with Crippen LogP contribution in [0.2, 0.25) is 20.6 Å². The Bertz CT molecular complexity index is 4290. The number of likely N-dealkylation sites (tertiary alicyclic amines) is 3. The van der Waals surface area contributed by atoms with Crippen LogP contribution in [-0.2, 0) is 25.9 Å². The third-order valence-corrected chi connectivity index (χ3v) is 17.6. The Labute approximate surface area is 626 Å². The molecule has 3 unspecified atom stereocenters. The van der Waals surface area contributed by atoms with Crippen LogP contribution in [-0.4, -0.2) is 160 Å². The number of aldehydes is 2. The number of aromatic nitrogens is 9. The number of aliphatic hydroxyl groups is 2. The monoisotopic (exact) mass is 1470 g/mol. The predicted molar refractivity (Wildman–Crippen MR) is 369 cm³/mol. The first-order chi connectivity index (χ1) is 47.8. The van der Waals surface area contributed by atoms with Crippen molar-refractivity contribution in [2.45, 2.75) is 83.7 Å². The van der Waals surface area contributed by atoms with Crippen LogP contribution in [0.25, 0.3) is 0 Å². The van der Waals surface area contributed by atoms with Gasteiger partial charge in [-0.3, -0.25) is 24.0 Å². The minimum absolute atomic E-state index is 0. The number of phenols is 1. The zero-order chi connectivity index (χ0) is 71.3. The van der Waals surface area contributed by atoms with Gasteiger partial charge in [0.1, 0.15) is 104 Å². The minimum atomic E-state index is -0.492. The maximum atomic E-state index is 13.1. The predicted octanol–water partition coefficient (Wildman–Crippen LogP) is 9.66. The van der Waals surface area contributed by atoms with Gasteiger partial charge in [0.15, 0.2) is 0 Å². The van der Waals surface area contributed by atoms with Gasteiger partial charge in [0.2, 0.25) is 11.8 Å². The Morgan fingerprint density at radius 2 is 0.851 bits per heavy atom. The number of aliphatic hydroxyl groups excluding tert-OH is 2. The molecule has 0 saturated carbocycles. The SMILES string of the molecule is CCc1c(Cl)ncnc1Cl.CCc1c(Cl)ncnc1Oc1ccc(C2CCN(C(=O)c3ccc(F)cn3)C2)c(C=O)c1.CCc1c(Cl)ncnc1Oc1ccc(C2CCN(C(=O)c3ccc(F)cn3)C2)c(CO)c1.CO.O=Cc1cc(O)ccc1C1CCN(C(=O)c2ccc(F)cn2)C1.[B].[H-].[Na+]. The third kappa shape index (κ3) is 21.3. The molecule has 9 heterocycles. The summed E-state index contributed by atoms with van der Waals surface area (Å²) in [7, 11) is 1.00. The first kappa shape index (κ1) is 81.4. The van der Waals surface area contributed by atoms with Crippen LogP contribution in [0.3, 0.4) is 0 Å². The van der Waals surface area contributed by atoms with Gasteiger partial charge in [0.05, 0.1) is 36.3 Å². The molecule has 3 N–H and O–H groups in total. The Morgan fingerprint density at radius 3 is 1.21 bits per heavy atom. The second-order valence-corrected chi connectivity index (χ2v) is 23.7. The van der Waals surface area contributed by atoms with Crippen LogP contribution < -0.4 is 39.0 Å². The number of aromatic hydroxyl groups is 1. The number of phenolic OH excluding ortho intramolecular Hbond substituents is 1. The number of benzene rings is 3. The minimum Gasteiger partial charge on any atom is -1.00 e. The molecule has 521 valence electrons. The van der Waals surface area contributed by atoms with E-state index in [1.807, 2.05) is 39.0 Å². The molecule has 12 rings (SSSR count). The molecule has 0 spiro atoms. The van der Waals surface area contributed by atoms with E-state index >= 15 is 0 Å². The first-order valence-electron chi connectivity index (χ1n) is 31.1. The summed E-state index contributed by atoms with van der Waals surface area (Å²) in [5.41, 5.74) is 7.08. The molecule has 3 radical (unpaired) electrons. The zero-order valence-electron chi connectivity index (χ0n) is 56.5. The molecule has 0 bridgehead atoms. The van der Waals surface area contributed by atoms with Crippen molar-refractivity contribution >= 4 is 85.1 Å². The molecule has 6 aromatic heterocycles. The summed E-state index contributed by atoms with van der Waals surface area (Å²) in [5.74, 6) is -0.347. The molecule has 3 atom stereocenters. The van der Waals surface area contributed by atoms with Crippen molar-refractivity contribution in [2.75, 3.05) is 46.4 Å². The molecule has 3 fully saturated rings. The quantitative estimate of drug-likeness (QED) is 0.0461. The topological polar surface area (TPSA) is 290 Å². The average molecular weight is 1470 g/mol. The first-order valence-corrected chi connectivity index (χ1v) is 32.6. The summed E-state index contributed by atoms with van der Waals surface area (Å²) >= 11 is 23.6. The molecule has 3 aliphatic rings. The number of ether oxygens (including phenoxy) is 2. The Morgan fingerprint density at radius 1 is 0.505 bits per heavy atom. The van der Waals surface area contributed by atoms with Crippen molar-refractivity contribution in [1.29, 1.82) is 0 Å². The normalized spacial score (nSPS) is 14.9. The van der Waals surface area contributed by atoms with E-state index < -0.39 is 17.5 Å². The Hall–Kier alpha value is -8.57. The van der Waals surface area contributed by atoms with Crippen LogP contribution in [0, 0.1) is 17.5 Å². The smallest absolute Gasteiger partial charge is 1.00 e. The van der Waals surface area contributed by atoms with Gasteiger partial charge < -0.3 is 40.9 Å². The van der Waals surface area contributed by atoms with Gasteiger partial charge in [-0.2, -0.15) is 0 Å². The van der Waals surface area contributed by atoms with Crippen molar-refractivity contribution in [3.05, 3.63) is 234 Å². The van der Waals surface area contributed by atoms with E-state index in [4.69, 9.17) is 61.0 Å². The Balaban J connectivity index is 0.000000254. The van der Waals surface area contributed by atoms with Crippen LogP contribution in [0.1, 0.15) is 150 Å². The number of halogens is 7. The van der Waals surface area contributed by atoms with E-state index in [1.165, 1.54) is 67.5 Å². The van der Waals surface area contributed by atoms with Crippen molar-refractivity contribution in [3.8, 4) is 29.0 Å². The van der Waals surface area contributed by atoms with Crippen molar-refractivity contribution in [2.24, 2.45) is 0 Å². The van der Waals surface area contributed by atoms with Crippen molar-refractivity contribution < 1.29 is 92.9 Å². The van der Waals surface area contributed by atoms with Gasteiger partial charge in [0, 0.05) is 89.2 Å². The fourth-order valence-electron chi connectivity index (χ4n) is 11.3. The van der Waals surface area contributed by atoms with Gasteiger partial charge in [-0.25, -0.2) is 58.0 Å². The van der Waals surface area contributed by atoms with Crippen molar-refractivity contribution in [3.63, 3.8) is 0 Å². The maximum absolute atomic E-state index is 13.1. The summed E-state index contributed by atoms with van der Waals surface area (Å²) in [4.78, 5) is 101. The number of hydrogen-bond acceptors (Lipinski definition) is 19. The summed E-state index contributed by atoms with van der Waals surface area (Å²) in [6.45, 7) is 8.68. The van der Waals surface area contributed by atoms with Gasteiger partial charge in [0.25, 0.3) is 17.7 Å². The molecular weight excluding hydrogens is 1400 g/mol. The average Bonchev–Trinajstić information content (AvgIpc) is 1.45. The molecule has 3 aliphatic heterocycles. The van der Waals surface area contributed by atoms with Crippen LogP contribution in [0.4, 0.5) is 13.2 Å². The van der Waals surface area contributed by atoms with E-state index in [0.29, 0.717) is 131 Å². The molecule has 3 aromatic carbocycles. The molecule has 3 amide bonds. The molecule has 31 heteroatoms. The number of carbonyl (C=O) groups excluding carboxylic acids is 5. The van der Waals surface area contributed by atoms with E-state index in [1.54, 1.807) is 39.0 Å². The molecule has 0 aliphatic carbocycles. The van der Waals surface area contributed by atoms with Crippen LogP contribution >= 0.6 is 46.4 Å². The van der Waals surface area contributed by atoms with Crippen LogP contribution in [0.15, 0.2) is 129 Å². The van der Waals surface area contributed by atoms with E-state index in [2.05, 4.69) is 44.9 Å². The second-order valence-electron chi connectivity index (χ2n) is 22.2. The third-order valence-electron chi connectivity index (χ3n) is 16.3. The summed E-state index contributed by atoms with van der Waals surface area (Å²) < 4.78 is 50.8. The Kier molecular flexibility index (Phi) is 31.9. The van der Waals surface area contributed by atoms with Crippen molar-refractivity contribution in [1.82, 2.24) is 59.6 Å². The standard InChI is InChI=1S/C23H22ClFN4O3.C23H20ClFN4O3.C17H15FN2O3.C6H6Cl2N2.CH4O.B.Na.H/c2*1-2-18-21(24)27-13-28-22(18)32-17-4-5-19(15(9-17)12-30)14-7-8-29(11-14)23(31)20-6-3-16(25)10-26-20;18-13-1-4-16(19-8-13)17(23)20-6-5-11(9-20)15-3-2-14(22)7-12(15)10-21;1-2-4-5(7)9-3-10-6(4)8;1-2;;;/h3-6,9-10,13-14,30H,2,7-8,11-12H2,1H3;3-6,9-10,12-14H,2,7-8,11H2,1H3;1-4,7-8,10-11,22H,5-6,9H2;3H,2H2,1H3;2H,1H3;;;/q;;;;;;+1;-1. The van der Waals surface area contributed by atoms with Crippen LogP contribution in [0.5, 0.6) is 29.0 Å². The number of rotatable bonds is 16. The number of amides is 3. The van der Waals surface area contributed by atoms with E-state index in [9.17, 15) is 47.4 Å². The number of nitrogens with zero attached hydrogens (tertiary/aromatic N) is 12. The largest absolute Gasteiger partial charge is 1.00 e. The van der Waals surface area contributed by atoms with E-state index in [0.717, 1.165) is 79.1 Å². The molecule has 22 nitrogen and oxygen atoms in total. The summed E-state index contributed by atoms with van der Waals surface area (Å²) in [5, 5.41) is 28.0. The van der Waals surface area contributed by atoms with Gasteiger partial charge in [-0.15, -0.1) is 0 Å².